The number of hydrogen-bond acceptors (Lipinski definition) is 4. The van der Waals surface area contributed by atoms with Gasteiger partial charge >= 0.3 is 0 Å². The third-order valence-corrected chi connectivity index (χ3v) is 2.42. The molecular formula is C11H12N2O3. The fourth-order valence-corrected chi connectivity index (χ4v) is 1.57. The molecular weight excluding hydrogens is 208 g/mol. The van der Waals surface area contributed by atoms with Crippen LogP contribution in [0.4, 0.5) is 0 Å². The molecule has 5 nitrogen and oxygen atoms in total. The number of rotatable bonds is 3. The van der Waals surface area contributed by atoms with Crippen molar-refractivity contribution < 1.29 is 14.7 Å². The van der Waals surface area contributed by atoms with E-state index in [1.807, 2.05) is 0 Å². The van der Waals surface area contributed by atoms with E-state index < -0.39 is 0 Å². The largest absolute Gasteiger partial charge is 0.395 e. The predicted octanol–water partition coefficient (Wildman–Crippen LogP) is 0.168. The summed E-state index contributed by atoms with van der Waals surface area (Å²) in [6.07, 6.45) is 0. The van der Waals surface area contributed by atoms with Gasteiger partial charge in [-0.25, -0.2) is 10.4 Å². The first-order valence-electron chi connectivity index (χ1n) is 5.00. The van der Waals surface area contributed by atoms with Crippen molar-refractivity contribution >= 4 is 11.8 Å². The molecule has 1 atom stereocenters. The van der Waals surface area contributed by atoms with Crippen LogP contribution < -0.4 is 5.43 Å². The molecule has 5 heteroatoms. The first-order chi connectivity index (χ1) is 7.65. The second kappa shape index (κ2) is 4.03. The van der Waals surface area contributed by atoms with Crippen molar-refractivity contribution in [1.29, 1.82) is 0 Å². The molecule has 1 aromatic rings. The Morgan fingerprint density at radius 2 is 1.75 bits per heavy atom. The molecule has 84 valence electrons. The number of hydrogen-bond donors (Lipinski definition) is 2. The molecule has 2 N–H and O–H groups in total. The van der Waals surface area contributed by atoms with Gasteiger partial charge in [0.05, 0.1) is 17.7 Å². The Kier molecular flexibility index (Phi) is 2.72. The third-order valence-electron chi connectivity index (χ3n) is 2.42. The smallest absolute Gasteiger partial charge is 0.276 e. The molecule has 2 rings (SSSR count). The zero-order chi connectivity index (χ0) is 11.7. The molecule has 0 fully saturated rings. The van der Waals surface area contributed by atoms with Crippen LogP contribution in [0.1, 0.15) is 27.6 Å². The van der Waals surface area contributed by atoms with Gasteiger partial charge in [0.25, 0.3) is 11.8 Å². The number of aliphatic hydroxyl groups is 1. The average Bonchev–Trinajstić information content (AvgIpc) is 2.55. The van der Waals surface area contributed by atoms with Crippen molar-refractivity contribution in [1.82, 2.24) is 10.4 Å². The molecule has 0 bridgehead atoms. The molecule has 0 radical (unpaired) electrons. The van der Waals surface area contributed by atoms with E-state index in [0.717, 1.165) is 5.01 Å². The van der Waals surface area contributed by atoms with E-state index in [1.165, 1.54) is 0 Å². The van der Waals surface area contributed by atoms with Gasteiger partial charge < -0.3 is 5.11 Å². The van der Waals surface area contributed by atoms with Crippen LogP contribution in [0.15, 0.2) is 24.3 Å². The number of benzene rings is 1. The van der Waals surface area contributed by atoms with Gasteiger partial charge in [-0.2, -0.15) is 0 Å². The Labute approximate surface area is 92.6 Å². The van der Waals surface area contributed by atoms with Crippen molar-refractivity contribution in [3.63, 3.8) is 0 Å². The van der Waals surface area contributed by atoms with Crippen LogP contribution in [0.5, 0.6) is 0 Å². The lowest BCUT2D eigenvalue weighted by Gasteiger charge is -2.19. The highest BCUT2D eigenvalue weighted by atomic mass is 16.3. The summed E-state index contributed by atoms with van der Waals surface area (Å²) in [4.78, 5) is 23.6. The van der Waals surface area contributed by atoms with Crippen molar-refractivity contribution in [2.75, 3.05) is 6.61 Å². The molecule has 1 heterocycles. The van der Waals surface area contributed by atoms with Crippen molar-refractivity contribution in [3.05, 3.63) is 35.4 Å². The zero-order valence-corrected chi connectivity index (χ0v) is 8.80. The van der Waals surface area contributed by atoms with Crippen LogP contribution in [0.25, 0.3) is 0 Å². The molecule has 0 aromatic heterocycles. The summed E-state index contributed by atoms with van der Waals surface area (Å²) in [6.45, 7) is 1.54. The summed E-state index contributed by atoms with van der Waals surface area (Å²) in [5.74, 6) is -0.748. The minimum Gasteiger partial charge on any atom is -0.395 e. The van der Waals surface area contributed by atoms with Crippen LogP contribution in [-0.2, 0) is 0 Å². The number of nitrogens with zero attached hydrogens (tertiary/aromatic N) is 1. The maximum atomic E-state index is 11.8. The van der Waals surface area contributed by atoms with E-state index in [4.69, 9.17) is 5.11 Å². The quantitative estimate of drug-likeness (QED) is 0.712. The van der Waals surface area contributed by atoms with E-state index in [1.54, 1.807) is 31.2 Å². The maximum absolute atomic E-state index is 11.8. The number of aliphatic hydroxyl groups excluding tert-OH is 1. The normalized spacial score (nSPS) is 16.5. The Bertz CT molecular complexity index is 410. The number of carbonyl (C=O) groups is 2. The number of amides is 2. The van der Waals surface area contributed by atoms with E-state index >= 15 is 0 Å². The number of fused-ring (bicyclic) bond motifs is 1. The summed E-state index contributed by atoms with van der Waals surface area (Å²) in [5.41, 5.74) is 3.45. The Balaban J connectivity index is 2.28. The van der Waals surface area contributed by atoms with Crippen LogP contribution >= 0.6 is 0 Å². The van der Waals surface area contributed by atoms with Crippen molar-refractivity contribution in [3.8, 4) is 0 Å². The summed E-state index contributed by atoms with van der Waals surface area (Å²) < 4.78 is 0. The summed E-state index contributed by atoms with van der Waals surface area (Å²) in [6, 6.07) is 6.30. The second-order valence-corrected chi connectivity index (χ2v) is 3.70. The lowest BCUT2D eigenvalue weighted by Crippen LogP contribution is -2.48. The Morgan fingerprint density at radius 3 is 2.19 bits per heavy atom. The minimum atomic E-state index is -0.374. The summed E-state index contributed by atoms with van der Waals surface area (Å²) in [7, 11) is 0. The van der Waals surface area contributed by atoms with Gasteiger partial charge in [-0.15, -0.1) is 0 Å². The molecule has 2 amide bonds. The first kappa shape index (κ1) is 10.8. The highest BCUT2D eigenvalue weighted by Crippen LogP contribution is 2.20. The van der Waals surface area contributed by atoms with E-state index in [2.05, 4.69) is 5.43 Å². The fraction of sp³-hybridized carbons (Fsp3) is 0.273. The van der Waals surface area contributed by atoms with Gasteiger partial charge in [-0.1, -0.05) is 12.1 Å². The lowest BCUT2D eigenvalue weighted by atomic mass is 10.1. The summed E-state index contributed by atoms with van der Waals surface area (Å²) >= 11 is 0. The Morgan fingerprint density at radius 1 is 1.25 bits per heavy atom. The molecule has 1 aromatic carbocycles. The first-order valence-corrected chi connectivity index (χ1v) is 5.00. The van der Waals surface area contributed by atoms with Crippen LogP contribution in [-0.4, -0.2) is 34.6 Å². The average molecular weight is 220 g/mol. The van der Waals surface area contributed by atoms with Gasteiger partial charge in [0.2, 0.25) is 0 Å². The van der Waals surface area contributed by atoms with Gasteiger partial charge in [0.15, 0.2) is 0 Å². The van der Waals surface area contributed by atoms with Crippen molar-refractivity contribution in [2.24, 2.45) is 0 Å². The number of nitrogens with one attached hydrogen (secondary N) is 1. The molecule has 0 spiro atoms. The van der Waals surface area contributed by atoms with Gasteiger partial charge in [0.1, 0.15) is 0 Å². The van der Waals surface area contributed by atoms with Crippen LogP contribution in [0.3, 0.4) is 0 Å². The summed E-state index contributed by atoms with van der Waals surface area (Å²) in [5, 5.41) is 9.82. The van der Waals surface area contributed by atoms with Gasteiger partial charge in [-0.05, 0) is 19.1 Å². The maximum Gasteiger partial charge on any atom is 0.276 e. The molecule has 0 unspecified atom stereocenters. The molecule has 0 aliphatic carbocycles. The van der Waals surface area contributed by atoms with Crippen LogP contribution in [0.2, 0.25) is 0 Å². The number of hydrazine groups is 1. The molecule has 0 saturated heterocycles. The lowest BCUT2D eigenvalue weighted by molar-refractivity contribution is 0.0513. The predicted molar refractivity (Wildman–Crippen MR) is 56.6 cm³/mol. The van der Waals surface area contributed by atoms with Crippen molar-refractivity contribution in [2.45, 2.75) is 13.0 Å². The zero-order valence-electron chi connectivity index (χ0n) is 8.80. The minimum absolute atomic E-state index is 0.145. The highest BCUT2D eigenvalue weighted by molar-refractivity contribution is 6.20. The van der Waals surface area contributed by atoms with E-state index in [9.17, 15) is 9.59 Å². The van der Waals surface area contributed by atoms with E-state index in [-0.39, 0.29) is 24.5 Å². The molecule has 1 aliphatic heterocycles. The van der Waals surface area contributed by atoms with Crippen LogP contribution in [0, 0.1) is 0 Å². The number of imide groups is 1. The topological polar surface area (TPSA) is 69.6 Å². The monoisotopic (exact) mass is 220 g/mol. The SMILES string of the molecule is C[C@H](CO)NN1C(=O)c2ccccc2C1=O. The fourth-order valence-electron chi connectivity index (χ4n) is 1.57. The third kappa shape index (κ3) is 1.60. The van der Waals surface area contributed by atoms with Gasteiger partial charge in [-0.3, -0.25) is 9.59 Å². The van der Waals surface area contributed by atoms with E-state index in [0.29, 0.717) is 11.1 Å². The van der Waals surface area contributed by atoms with Gasteiger partial charge in [0, 0.05) is 6.04 Å². The second-order valence-electron chi connectivity index (χ2n) is 3.70. The molecule has 16 heavy (non-hydrogen) atoms. The molecule has 1 aliphatic rings. The highest BCUT2D eigenvalue weighted by Gasteiger charge is 2.35. The number of carbonyl (C=O) groups excluding carboxylic acids is 2. The Hall–Kier alpha value is -1.72. The standard InChI is InChI=1S/C11H12N2O3/c1-7(6-14)12-13-10(15)8-4-2-3-5-9(8)11(13)16/h2-5,7,12,14H,6H2,1H3/t7-/m1/s1. The molecule has 0 saturated carbocycles.